The highest BCUT2D eigenvalue weighted by Crippen LogP contribution is 2.35. The Morgan fingerprint density at radius 1 is 1.09 bits per heavy atom. The lowest BCUT2D eigenvalue weighted by molar-refractivity contribution is -0.118. The van der Waals surface area contributed by atoms with Crippen LogP contribution in [0.5, 0.6) is 5.75 Å². The fraction of sp³-hybridized carbons (Fsp3) is 0.250. The standard InChI is InChI=1S/C24H24ClN3O4S/c25-19-6-10-21(11-7-19)32-17-24(29)27-20-8-12-22(13-9-20)33(30,31)28-15-2-1-5-23(28)18-4-3-14-26-16-18/h3-4,6-14,16,23H,1-2,5,15,17H2,(H,27,29). The first-order valence-corrected chi connectivity index (χ1v) is 12.5. The molecule has 1 atom stereocenters. The number of ether oxygens (including phenoxy) is 1. The predicted octanol–water partition coefficient (Wildman–Crippen LogP) is 4.67. The van der Waals surface area contributed by atoms with E-state index >= 15 is 0 Å². The molecule has 1 aliphatic rings. The van der Waals surface area contributed by atoms with Gasteiger partial charge < -0.3 is 10.1 Å². The molecule has 0 saturated carbocycles. The molecular weight excluding hydrogens is 462 g/mol. The molecular formula is C24H24ClN3O4S. The number of carbonyl (C=O) groups is 1. The van der Waals surface area contributed by atoms with Crippen molar-refractivity contribution in [1.82, 2.24) is 9.29 Å². The van der Waals surface area contributed by atoms with Gasteiger partial charge in [-0.05, 0) is 73.0 Å². The Morgan fingerprint density at radius 2 is 1.85 bits per heavy atom. The average molecular weight is 486 g/mol. The van der Waals surface area contributed by atoms with Gasteiger partial charge in [-0.2, -0.15) is 4.31 Å². The number of hydrogen-bond acceptors (Lipinski definition) is 5. The molecule has 0 aliphatic carbocycles. The Balaban J connectivity index is 1.42. The number of anilines is 1. The van der Waals surface area contributed by atoms with Crippen LogP contribution in [0.2, 0.25) is 5.02 Å². The second kappa shape index (κ2) is 10.3. The second-order valence-corrected chi connectivity index (χ2v) is 10.1. The van der Waals surface area contributed by atoms with Crippen molar-refractivity contribution in [2.45, 2.75) is 30.2 Å². The van der Waals surface area contributed by atoms with Crippen molar-refractivity contribution < 1.29 is 17.9 Å². The monoisotopic (exact) mass is 485 g/mol. The van der Waals surface area contributed by atoms with E-state index in [4.69, 9.17) is 16.3 Å². The molecule has 0 spiro atoms. The van der Waals surface area contributed by atoms with Crippen molar-refractivity contribution in [3.8, 4) is 5.75 Å². The number of aromatic nitrogens is 1. The molecule has 1 saturated heterocycles. The predicted molar refractivity (Wildman–Crippen MR) is 127 cm³/mol. The Kier molecular flexibility index (Phi) is 7.27. The quantitative estimate of drug-likeness (QED) is 0.525. The van der Waals surface area contributed by atoms with Crippen molar-refractivity contribution in [1.29, 1.82) is 0 Å². The molecule has 9 heteroatoms. The van der Waals surface area contributed by atoms with Crippen molar-refractivity contribution in [3.05, 3.63) is 83.6 Å². The van der Waals surface area contributed by atoms with Gasteiger partial charge in [0.25, 0.3) is 5.91 Å². The van der Waals surface area contributed by atoms with Crippen molar-refractivity contribution in [2.75, 3.05) is 18.5 Å². The van der Waals surface area contributed by atoms with Gasteiger partial charge in [0.15, 0.2) is 6.61 Å². The molecule has 3 aromatic rings. The SMILES string of the molecule is O=C(COc1ccc(Cl)cc1)Nc1ccc(S(=O)(=O)N2CCCCC2c2cccnc2)cc1. The molecule has 4 rings (SSSR count). The molecule has 172 valence electrons. The van der Waals surface area contributed by atoms with Crippen LogP contribution in [0.25, 0.3) is 0 Å². The average Bonchev–Trinajstić information content (AvgIpc) is 2.84. The molecule has 1 unspecified atom stereocenters. The van der Waals surface area contributed by atoms with Crippen molar-refractivity contribution in [3.63, 3.8) is 0 Å². The number of nitrogens with zero attached hydrogens (tertiary/aromatic N) is 2. The van der Waals surface area contributed by atoms with E-state index in [9.17, 15) is 13.2 Å². The fourth-order valence-corrected chi connectivity index (χ4v) is 5.63. The summed E-state index contributed by atoms with van der Waals surface area (Å²) in [7, 11) is -3.70. The Hall–Kier alpha value is -2.94. The first kappa shape index (κ1) is 23.2. The van der Waals surface area contributed by atoms with Crippen LogP contribution in [0.1, 0.15) is 30.9 Å². The summed E-state index contributed by atoms with van der Waals surface area (Å²) in [6, 6.07) is 16.4. The molecule has 1 amide bonds. The molecule has 2 aromatic carbocycles. The smallest absolute Gasteiger partial charge is 0.262 e. The van der Waals surface area contributed by atoms with Gasteiger partial charge in [0.1, 0.15) is 5.75 Å². The molecule has 1 aromatic heterocycles. The maximum atomic E-state index is 13.4. The Labute approximate surface area is 198 Å². The number of halogens is 1. The molecule has 33 heavy (non-hydrogen) atoms. The van der Waals surface area contributed by atoms with E-state index in [1.54, 1.807) is 53.1 Å². The van der Waals surface area contributed by atoms with Gasteiger partial charge in [-0.3, -0.25) is 9.78 Å². The van der Waals surface area contributed by atoms with Gasteiger partial charge >= 0.3 is 0 Å². The topological polar surface area (TPSA) is 88.6 Å². The third-order valence-corrected chi connectivity index (χ3v) is 7.63. The van der Waals surface area contributed by atoms with E-state index in [0.29, 0.717) is 23.0 Å². The zero-order valence-corrected chi connectivity index (χ0v) is 19.4. The van der Waals surface area contributed by atoms with E-state index in [2.05, 4.69) is 10.3 Å². The Bertz CT molecular complexity index is 1190. The molecule has 1 aliphatic heterocycles. The summed E-state index contributed by atoms with van der Waals surface area (Å²) in [4.78, 5) is 16.5. The highest BCUT2D eigenvalue weighted by atomic mass is 35.5. The number of piperidine rings is 1. The number of nitrogens with one attached hydrogen (secondary N) is 1. The third kappa shape index (κ3) is 5.71. The van der Waals surface area contributed by atoms with Crippen LogP contribution in [0.15, 0.2) is 78.0 Å². The van der Waals surface area contributed by atoms with Crippen LogP contribution in [0, 0.1) is 0 Å². The van der Waals surface area contributed by atoms with Crippen molar-refractivity contribution in [2.24, 2.45) is 0 Å². The van der Waals surface area contributed by atoms with Gasteiger partial charge in [0, 0.05) is 29.6 Å². The lowest BCUT2D eigenvalue weighted by Gasteiger charge is -2.34. The van der Waals surface area contributed by atoms with E-state index in [1.807, 2.05) is 12.1 Å². The van der Waals surface area contributed by atoms with Gasteiger partial charge in [-0.1, -0.05) is 24.1 Å². The first-order chi connectivity index (χ1) is 15.9. The molecule has 7 nitrogen and oxygen atoms in total. The molecule has 1 fully saturated rings. The van der Waals surface area contributed by atoms with E-state index in [1.165, 1.54) is 12.1 Å². The summed E-state index contributed by atoms with van der Waals surface area (Å²) >= 11 is 5.83. The van der Waals surface area contributed by atoms with Crippen molar-refractivity contribution >= 4 is 33.2 Å². The normalized spacial score (nSPS) is 16.8. The zero-order valence-electron chi connectivity index (χ0n) is 17.9. The summed E-state index contributed by atoms with van der Waals surface area (Å²) in [5.41, 5.74) is 1.38. The lowest BCUT2D eigenvalue weighted by Crippen LogP contribution is -2.38. The maximum absolute atomic E-state index is 13.4. The zero-order chi connectivity index (χ0) is 23.3. The minimum atomic E-state index is -3.70. The summed E-state index contributed by atoms with van der Waals surface area (Å²) in [6.07, 6.45) is 5.95. The number of rotatable bonds is 7. The van der Waals surface area contributed by atoms with E-state index < -0.39 is 10.0 Å². The number of amides is 1. The third-order valence-electron chi connectivity index (χ3n) is 5.45. The highest BCUT2D eigenvalue weighted by Gasteiger charge is 2.34. The molecule has 0 radical (unpaired) electrons. The minimum absolute atomic E-state index is 0.178. The van der Waals surface area contributed by atoms with Crippen LogP contribution >= 0.6 is 11.6 Å². The number of benzene rings is 2. The minimum Gasteiger partial charge on any atom is -0.484 e. The molecule has 0 bridgehead atoms. The van der Waals surface area contributed by atoms with E-state index in [0.717, 1.165) is 24.8 Å². The lowest BCUT2D eigenvalue weighted by atomic mass is 9.99. The first-order valence-electron chi connectivity index (χ1n) is 10.6. The van der Waals surface area contributed by atoms with Crippen LogP contribution in [-0.4, -0.2) is 36.8 Å². The van der Waals surface area contributed by atoms with Gasteiger partial charge in [-0.15, -0.1) is 0 Å². The maximum Gasteiger partial charge on any atom is 0.262 e. The molecule has 2 heterocycles. The van der Waals surface area contributed by atoms with Crippen LogP contribution in [0.3, 0.4) is 0 Å². The highest BCUT2D eigenvalue weighted by molar-refractivity contribution is 7.89. The Morgan fingerprint density at radius 3 is 2.55 bits per heavy atom. The number of sulfonamides is 1. The summed E-state index contributed by atoms with van der Waals surface area (Å²) in [5, 5.41) is 3.29. The second-order valence-electron chi connectivity index (χ2n) is 7.73. The van der Waals surface area contributed by atoms with Crippen LogP contribution in [-0.2, 0) is 14.8 Å². The summed E-state index contributed by atoms with van der Waals surface area (Å²) in [6.45, 7) is 0.282. The number of pyridine rings is 1. The number of hydrogen-bond donors (Lipinski definition) is 1. The van der Waals surface area contributed by atoms with Gasteiger partial charge in [-0.25, -0.2) is 8.42 Å². The van der Waals surface area contributed by atoms with Crippen LogP contribution < -0.4 is 10.1 Å². The van der Waals surface area contributed by atoms with Crippen LogP contribution in [0.4, 0.5) is 5.69 Å². The fourth-order valence-electron chi connectivity index (χ4n) is 3.82. The molecule has 1 N–H and O–H groups in total. The van der Waals surface area contributed by atoms with Gasteiger partial charge in [0.2, 0.25) is 10.0 Å². The number of carbonyl (C=O) groups excluding carboxylic acids is 1. The summed E-state index contributed by atoms with van der Waals surface area (Å²) < 4.78 is 33.7. The largest absolute Gasteiger partial charge is 0.484 e. The van der Waals surface area contributed by atoms with Gasteiger partial charge in [0.05, 0.1) is 10.9 Å². The summed E-state index contributed by atoms with van der Waals surface area (Å²) in [5.74, 6) is 0.175. The van der Waals surface area contributed by atoms with E-state index in [-0.39, 0.29) is 23.5 Å².